The van der Waals surface area contributed by atoms with E-state index in [4.69, 9.17) is 0 Å². The van der Waals surface area contributed by atoms with Crippen LogP contribution in [0.15, 0.2) is 6.07 Å². The molecule has 0 aliphatic heterocycles. The molecule has 0 atom stereocenters. The minimum atomic E-state index is 0.601. The van der Waals surface area contributed by atoms with Crippen molar-refractivity contribution < 1.29 is 4.68 Å². The Morgan fingerprint density at radius 3 is 1.92 bits per heavy atom. The van der Waals surface area contributed by atoms with Crippen molar-refractivity contribution in [3.8, 4) is 0 Å². The maximum absolute atomic E-state index is 2.31. The van der Waals surface area contributed by atoms with Gasteiger partial charge in [0.1, 0.15) is 0 Å². The van der Waals surface area contributed by atoms with Crippen LogP contribution in [0, 0.1) is 0 Å². The molecule has 0 bridgehead atoms. The summed E-state index contributed by atoms with van der Waals surface area (Å²) in [6.45, 7) is 8.94. The van der Waals surface area contributed by atoms with Gasteiger partial charge in [-0.15, -0.1) is 4.68 Å². The largest absolute Gasteiger partial charge is 0.210 e. The summed E-state index contributed by atoms with van der Waals surface area (Å²) < 4.78 is 4.47. The fourth-order valence-corrected chi connectivity index (χ4v) is 1.77. The standard InChI is InChI=1S/C11H21N2/c1-8(2)10-7-11(9(3)4)13(6)12(10)5/h7-9H,1-6H3/q+1. The Labute approximate surface area is 81.2 Å². The van der Waals surface area contributed by atoms with Crippen LogP contribution in [-0.2, 0) is 14.1 Å². The molecule has 13 heavy (non-hydrogen) atoms. The van der Waals surface area contributed by atoms with E-state index in [1.54, 1.807) is 0 Å². The quantitative estimate of drug-likeness (QED) is 0.618. The normalized spacial score (nSPS) is 11.7. The van der Waals surface area contributed by atoms with E-state index in [1.807, 2.05) is 0 Å². The van der Waals surface area contributed by atoms with E-state index in [-0.39, 0.29) is 0 Å². The number of nitrogens with zero attached hydrogens (tertiary/aromatic N) is 2. The van der Waals surface area contributed by atoms with Gasteiger partial charge in [-0.3, -0.25) is 0 Å². The SMILES string of the molecule is CC(C)c1cc(C(C)C)[n+](C)n1C. The Kier molecular flexibility index (Phi) is 2.79. The topological polar surface area (TPSA) is 8.81 Å². The molecular weight excluding hydrogens is 160 g/mol. The molecular formula is C11H21N2+. The van der Waals surface area contributed by atoms with Crippen LogP contribution in [0.5, 0.6) is 0 Å². The molecule has 1 aromatic heterocycles. The minimum absolute atomic E-state index is 0.601. The Balaban J connectivity index is 3.20. The molecule has 0 fully saturated rings. The summed E-state index contributed by atoms with van der Waals surface area (Å²) in [5, 5.41) is 0. The van der Waals surface area contributed by atoms with E-state index >= 15 is 0 Å². The van der Waals surface area contributed by atoms with Crippen LogP contribution in [0.25, 0.3) is 0 Å². The Morgan fingerprint density at radius 1 is 1.15 bits per heavy atom. The lowest BCUT2D eigenvalue weighted by Crippen LogP contribution is -2.41. The third-order valence-electron chi connectivity index (χ3n) is 2.68. The van der Waals surface area contributed by atoms with Crippen LogP contribution in [0.4, 0.5) is 0 Å². The number of aromatic nitrogens is 2. The van der Waals surface area contributed by atoms with Gasteiger partial charge in [0.15, 0.2) is 7.05 Å². The molecule has 0 radical (unpaired) electrons. The van der Waals surface area contributed by atoms with Gasteiger partial charge in [0, 0.05) is 12.0 Å². The molecule has 2 nitrogen and oxygen atoms in total. The smallest absolute Gasteiger partial charge is 0.161 e. The maximum atomic E-state index is 2.31. The van der Waals surface area contributed by atoms with E-state index in [2.05, 4.69) is 57.2 Å². The molecule has 0 amide bonds. The van der Waals surface area contributed by atoms with Crippen LogP contribution in [0.2, 0.25) is 0 Å². The number of hydrogen-bond donors (Lipinski definition) is 0. The van der Waals surface area contributed by atoms with Gasteiger partial charge >= 0.3 is 0 Å². The first-order chi connectivity index (χ1) is 5.95. The molecule has 0 aliphatic carbocycles. The fourth-order valence-electron chi connectivity index (χ4n) is 1.77. The highest BCUT2D eigenvalue weighted by atomic mass is 15.4. The molecule has 1 heterocycles. The van der Waals surface area contributed by atoms with Crippen molar-refractivity contribution in [1.29, 1.82) is 0 Å². The van der Waals surface area contributed by atoms with Gasteiger partial charge in [0.05, 0.1) is 12.7 Å². The summed E-state index contributed by atoms with van der Waals surface area (Å²) in [5.74, 6) is 1.20. The lowest BCUT2D eigenvalue weighted by Gasteiger charge is -2.01. The third-order valence-corrected chi connectivity index (χ3v) is 2.68. The van der Waals surface area contributed by atoms with E-state index in [1.165, 1.54) is 11.4 Å². The van der Waals surface area contributed by atoms with E-state index in [0.717, 1.165) is 0 Å². The van der Waals surface area contributed by atoms with Crippen molar-refractivity contribution in [2.24, 2.45) is 14.1 Å². The lowest BCUT2D eigenvalue weighted by molar-refractivity contribution is -0.759. The molecule has 0 aromatic carbocycles. The second-order valence-corrected chi connectivity index (χ2v) is 4.35. The molecule has 0 saturated carbocycles. The van der Waals surface area contributed by atoms with Crippen molar-refractivity contribution in [2.45, 2.75) is 39.5 Å². The molecule has 0 spiro atoms. The summed E-state index contributed by atoms with van der Waals surface area (Å²) >= 11 is 0. The van der Waals surface area contributed by atoms with Crippen LogP contribution in [-0.4, -0.2) is 4.68 Å². The lowest BCUT2D eigenvalue weighted by atomic mass is 10.1. The van der Waals surface area contributed by atoms with E-state index in [0.29, 0.717) is 11.8 Å². The molecule has 1 rings (SSSR count). The third kappa shape index (κ3) is 1.77. The van der Waals surface area contributed by atoms with Crippen molar-refractivity contribution in [3.05, 3.63) is 17.5 Å². The number of rotatable bonds is 2. The van der Waals surface area contributed by atoms with Crippen LogP contribution >= 0.6 is 0 Å². The minimum Gasteiger partial charge on any atom is -0.161 e. The molecule has 2 heteroatoms. The molecule has 1 aromatic rings. The molecule has 74 valence electrons. The van der Waals surface area contributed by atoms with E-state index in [9.17, 15) is 0 Å². The fraction of sp³-hybridized carbons (Fsp3) is 0.727. The van der Waals surface area contributed by atoms with E-state index < -0.39 is 0 Å². The summed E-state index contributed by atoms with van der Waals surface area (Å²) in [7, 11) is 4.25. The zero-order valence-electron chi connectivity index (χ0n) is 9.63. The Hall–Kier alpha value is -0.790. The van der Waals surface area contributed by atoms with Crippen molar-refractivity contribution in [2.75, 3.05) is 0 Å². The molecule has 0 unspecified atom stereocenters. The highest BCUT2D eigenvalue weighted by Gasteiger charge is 2.20. The van der Waals surface area contributed by atoms with Gasteiger partial charge in [-0.05, 0) is 5.92 Å². The van der Waals surface area contributed by atoms with Gasteiger partial charge in [-0.2, -0.15) is 4.68 Å². The van der Waals surface area contributed by atoms with Crippen LogP contribution in [0.3, 0.4) is 0 Å². The average Bonchev–Trinajstić information content (AvgIpc) is 2.29. The Morgan fingerprint density at radius 2 is 1.69 bits per heavy atom. The summed E-state index contributed by atoms with van der Waals surface area (Å²) in [6.07, 6.45) is 0. The first-order valence-corrected chi connectivity index (χ1v) is 5.01. The second-order valence-electron chi connectivity index (χ2n) is 4.35. The first kappa shape index (κ1) is 10.3. The van der Waals surface area contributed by atoms with Gasteiger partial charge < -0.3 is 0 Å². The summed E-state index contributed by atoms with van der Waals surface area (Å²) in [5.41, 5.74) is 2.82. The zero-order valence-corrected chi connectivity index (χ0v) is 9.63. The molecule has 0 aliphatic rings. The van der Waals surface area contributed by atoms with Crippen molar-refractivity contribution in [3.63, 3.8) is 0 Å². The second kappa shape index (κ2) is 3.52. The highest BCUT2D eigenvalue weighted by molar-refractivity contribution is 5.11. The number of hydrogen-bond acceptors (Lipinski definition) is 0. The van der Waals surface area contributed by atoms with Gasteiger partial charge in [-0.1, -0.05) is 27.7 Å². The predicted molar refractivity (Wildman–Crippen MR) is 54.8 cm³/mol. The summed E-state index contributed by atoms with van der Waals surface area (Å²) in [6, 6.07) is 2.31. The van der Waals surface area contributed by atoms with Gasteiger partial charge in [0.25, 0.3) is 0 Å². The zero-order chi connectivity index (χ0) is 10.2. The summed E-state index contributed by atoms with van der Waals surface area (Å²) in [4.78, 5) is 0. The van der Waals surface area contributed by atoms with Crippen molar-refractivity contribution >= 4 is 0 Å². The monoisotopic (exact) mass is 181 g/mol. The Bertz CT molecular complexity index is 267. The average molecular weight is 181 g/mol. The van der Waals surface area contributed by atoms with Crippen molar-refractivity contribution in [1.82, 2.24) is 4.68 Å². The first-order valence-electron chi connectivity index (χ1n) is 5.01. The van der Waals surface area contributed by atoms with Gasteiger partial charge in [-0.25, -0.2) is 0 Å². The predicted octanol–water partition coefficient (Wildman–Crippen LogP) is 2.10. The van der Waals surface area contributed by atoms with Gasteiger partial charge in [0.2, 0.25) is 5.69 Å². The van der Waals surface area contributed by atoms with Crippen LogP contribution in [0.1, 0.15) is 50.9 Å². The van der Waals surface area contributed by atoms with Crippen LogP contribution < -0.4 is 4.68 Å². The maximum Gasteiger partial charge on any atom is 0.210 e. The molecule has 0 saturated heterocycles. The molecule has 0 N–H and O–H groups in total. The highest BCUT2D eigenvalue weighted by Crippen LogP contribution is 2.17.